The van der Waals surface area contributed by atoms with Crippen molar-refractivity contribution < 1.29 is 9.53 Å². The van der Waals surface area contributed by atoms with Crippen LogP contribution in [-0.4, -0.2) is 35.6 Å². The molecule has 0 aliphatic heterocycles. The molecule has 0 radical (unpaired) electrons. The van der Waals surface area contributed by atoms with Gasteiger partial charge in [0.25, 0.3) is 5.91 Å². The van der Waals surface area contributed by atoms with Crippen molar-refractivity contribution in [2.45, 2.75) is 51.9 Å². The van der Waals surface area contributed by atoms with Gasteiger partial charge in [-0.3, -0.25) is 10.1 Å². The molecule has 1 N–H and O–H groups in total. The molecule has 5 nitrogen and oxygen atoms in total. The van der Waals surface area contributed by atoms with E-state index in [9.17, 15) is 4.79 Å². The molecular formula is C26H33N3O2S. The SMILES string of the molecule is CCCCCCCOc1ccc(C(=O)NC(=S)N(CCC#N)CCc2ccccc2)cc1. The molecule has 0 heterocycles. The van der Waals surface area contributed by atoms with Gasteiger partial charge in [-0.15, -0.1) is 0 Å². The van der Waals surface area contributed by atoms with Crippen LogP contribution in [0, 0.1) is 11.3 Å². The van der Waals surface area contributed by atoms with E-state index in [0.29, 0.717) is 36.8 Å². The number of hydrogen-bond donors (Lipinski definition) is 1. The first kappa shape index (κ1) is 25.4. The molecule has 170 valence electrons. The maximum absolute atomic E-state index is 12.6. The summed E-state index contributed by atoms with van der Waals surface area (Å²) in [7, 11) is 0. The van der Waals surface area contributed by atoms with Gasteiger partial charge in [-0.1, -0.05) is 62.9 Å². The molecule has 0 aromatic heterocycles. The predicted molar refractivity (Wildman–Crippen MR) is 133 cm³/mol. The summed E-state index contributed by atoms with van der Waals surface area (Å²) < 4.78 is 5.76. The number of rotatable bonds is 13. The summed E-state index contributed by atoms with van der Waals surface area (Å²) in [5.74, 6) is 0.501. The molecule has 2 aromatic carbocycles. The van der Waals surface area contributed by atoms with Crippen LogP contribution in [0.4, 0.5) is 0 Å². The van der Waals surface area contributed by atoms with Crippen molar-refractivity contribution in [2.24, 2.45) is 0 Å². The lowest BCUT2D eigenvalue weighted by molar-refractivity contribution is 0.0973. The highest BCUT2D eigenvalue weighted by molar-refractivity contribution is 7.80. The fraction of sp³-hybridized carbons (Fsp3) is 0.423. The van der Waals surface area contributed by atoms with E-state index in [0.717, 1.165) is 18.6 Å². The van der Waals surface area contributed by atoms with Crippen molar-refractivity contribution in [1.29, 1.82) is 5.26 Å². The molecule has 0 aliphatic rings. The van der Waals surface area contributed by atoms with Crippen molar-refractivity contribution in [3.63, 3.8) is 0 Å². The summed E-state index contributed by atoms with van der Waals surface area (Å²) in [6.07, 6.45) is 7.09. The fourth-order valence-corrected chi connectivity index (χ4v) is 3.53. The molecule has 0 spiro atoms. The molecule has 0 atom stereocenters. The zero-order valence-electron chi connectivity index (χ0n) is 18.9. The van der Waals surface area contributed by atoms with Gasteiger partial charge in [0, 0.05) is 18.7 Å². The normalized spacial score (nSPS) is 10.2. The van der Waals surface area contributed by atoms with Crippen LogP contribution < -0.4 is 10.1 Å². The Bertz CT molecular complexity index is 863. The molecular weight excluding hydrogens is 418 g/mol. The quantitative estimate of drug-likeness (QED) is 0.321. The zero-order chi connectivity index (χ0) is 23.0. The molecule has 1 amide bonds. The van der Waals surface area contributed by atoms with E-state index in [-0.39, 0.29) is 5.91 Å². The lowest BCUT2D eigenvalue weighted by Crippen LogP contribution is -2.44. The van der Waals surface area contributed by atoms with Gasteiger partial charge in [0.15, 0.2) is 5.11 Å². The molecule has 32 heavy (non-hydrogen) atoms. The first-order chi connectivity index (χ1) is 15.6. The van der Waals surface area contributed by atoms with Crippen LogP contribution in [0.3, 0.4) is 0 Å². The minimum Gasteiger partial charge on any atom is -0.494 e. The van der Waals surface area contributed by atoms with Crippen molar-refractivity contribution in [1.82, 2.24) is 10.2 Å². The Balaban J connectivity index is 1.83. The Hall–Kier alpha value is -2.91. The number of carbonyl (C=O) groups excluding carboxylic acids is 1. The number of ether oxygens (including phenoxy) is 1. The van der Waals surface area contributed by atoms with E-state index < -0.39 is 0 Å². The van der Waals surface area contributed by atoms with Crippen LogP contribution in [0.25, 0.3) is 0 Å². The Morgan fingerprint density at radius 3 is 2.44 bits per heavy atom. The largest absolute Gasteiger partial charge is 0.494 e. The molecule has 0 fully saturated rings. The maximum Gasteiger partial charge on any atom is 0.257 e. The molecule has 0 unspecified atom stereocenters. The number of nitrogens with one attached hydrogen (secondary N) is 1. The molecule has 0 saturated heterocycles. The molecule has 6 heteroatoms. The summed E-state index contributed by atoms with van der Waals surface area (Å²) in [6.45, 7) is 4.01. The van der Waals surface area contributed by atoms with E-state index in [2.05, 4.69) is 30.4 Å². The molecule has 0 aliphatic carbocycles. The van der Waals surface area contributed by atoms with Crippen molar-refractivity contribution in [3.8, 4) is 11.8 Å². The van der Waals surface area contributed by atoms with Crippen LogP contribution in [0.2, 0.25) is 0 Å². The Labute approximate surface area is 197 Å². The summed E-state index contributed by atoms with van der Waals surface area (Å²) in [4.78, 5) is 14.5. The second-order valence-electron chi connectivity index (χ2n) is 7.68. The highest BCUT2D eigenvalue weighted by Crippen LogP contribution is 2.13. The van der Waals surface area contributed by atoms with Gasteiger partial charge in [0.05, 0.1) is 19.1 Å². The summed E-state index contributed by atoms with van der Waals surface area (Å²) in [5, 5.41) is 12.1. The van der Waals surface area contributed by atoms with Gasteiger partial charge >= 0.3 is 0 Å². The van der Waals surface area contributed by atoms with Gasteiger partial charge in [0.1, 0.15) is 5.75 Å². The van der Waals surface area contributed by atoms with Crippen LogP contribution in [0.15, 0.2) is 54.6 Å². The third-order valence-corrected chi connectivity index (χ3v) is 5.51. The minimum absolute atomic E-state index is 0.261. The standard InChI is InChI=1S/C26H33N3O2S/c1-2-3-4-5-9-21-31-24-15-13-23(14-16-24)25(30)28-26(32)29(19-10-18-27)20-17-22-11-7-6-8-12-22/h6-8,11-16H,2-5,9-10,17,19-21H2,1H3,(H,28,30,32). The molecule has 2 aromatic rings. The maximum atomic E-state index is 12.6. The van der Waals surface area contributed by atoms with E-state index in [1.807, 2.05) is 35.2 Å². The lowest BCUT2D eigenvalue weighted by atomic mass is 10.1. The summed E-state index contributed by atoms with van der Waals surface area (Å²) >= 11 is 5.47. The number of hydrogen-bond acceptors (Lipinski definition) is 4. The van der Waals surface area contributed by atoms with E-state index in [4.69, 9.17) is 22.2 Å². The summed E-state index contributed by atoms with van der Waals surface area (Å²) in [5.41, 5.74) is 1.70. The van der Waals surface area contributed by atoms with Gasteiger partial charge in [0.2, 0.25) is 0 Å². The van der Waals surface area contributed by atoms with Gasteiger partial charge in [-0.25, -0.2) is 0 Å². The smallest absolute Gasteiger partial charge is 0.257 e. The number of carbonyl (C=O) groups is 1. The van der Waals surface area contributed by atoms with Crippen molar-refractivity contribution in [2.75, 3.05) is 19.7 Å². The highest BCUT2D eigenvalue weighted by Gasteiger charge is 2.14. The Morgan fingerprint density at radius 2 is 1.75 bits per heavy atom. The Morgan fingerprint density at radius 1 is 1.03 bits per heavy atom. The average molecular weight is 452 g/mol. The van der Waals surface area contributed by atoms with Crippen LogP contribution >= 0.6 is 12.2 Å². The molecule has 0 bridgehead atoms. The second kappa shape index (κ2) is 15.0. The number of thiocarbonyl (C=S) groups is 1. The van der Waals surface area contributed by atoms with E-state index >= 15 is 0 Å². The van der Waals surface area contributed by atoms with Crippen LogP contribution in [0.1, 0.15) is 61.4 Å². The minimum atomic E-state index is -0.261. The first-order valence-corrected chi connectivity index (χ1v) is 11.8. The third kappa shape index (κ3) is 9.49. The number of benzene rings is 2. The molecule has 2 rings (SSSR count). The topological polar surface area (TPSA) is 65.4 Å². The second-order valence-corrected chi connectivity index (χ2v) is 8.06. The Kier molecular flexibility index (Phi) is 11.9. The summed E-state index contributed by atoms with van der Waals surface area (Å²) in [6, 6.07) is 19.3. The van der Waals surface area contributed by atoms with Gasteiger partial charge < -0.3 is 9.64 Å². The number of nitriles is 1. The number of unbranched alkanes of at least 4 members (excludes halogenated alkanes) is 4. The predicted octanol–water partition coefficient (Wildman–Crippen LogP) is 5.51. The van der Waals surface area contributed by atoms with Gasteiger partial charge in [-0.05, 0) is 54.9 Å². The highest BCUT2D eigenvalue weighted by atomic mass is 32.1. The lowest BCUT2D eigenvalue weighted by Gasteiger charge is -2.24. The fourth-order valence-electron chi connectivity index (χ4n) is 3.26. The third-order valence-electron chi connectivity index (χ3n) is 5.15. The van der Waals surface area contributed by atoms with E-state index in [1.165, 1.54) is 31.2 Å². The average Bonchev–Trinajstić information content (AvgIpc) is 2.82. The zero-order valence-corrected chi connectivity index (χ0v) is 19.7. The number of amides is 1. The van der Waals surface area contributed by atoms with Crippen molar-refractivity contribution >= 4 is 23.2 Å². The van der Waals surface area contributed by atoms with E-state index in [1.54, 1.807) is 12.1 Å². The number of nitrogens with zero attached hydrogens (tertiary/aromatic N) is 2. The van der Waals surface area contributed by atoms with Gasteiger partial charge in [-0.2, -0.15) is 5.26 Å². The monoisotopic (exact) mass is 451 g/mol. The first-order valence-electron chi connectivity index (χ1n) is 11.4. The van der Waals surface area contributed by atoms with Crippen LogP contribution in [-0.2, 0) is 6.42 Å². The molecule has 0 saturated carbocycles. The van der Waals surface area contributed by atoms with Crippen molar-refractivity contribution in [3.05, 3.63) is 65.7 Å². The van der Waals surface area contributed by atoms with Crippen LogP contribution in [0.5, 0.6) is 5.75 Å².